The second-order valence-electron chi connectivity index (χ2n) is 7.65. The molecule has 0 saturated heterocycles. The van der Waals surface area contributed by atoms with Crippen LogP contribution in [0.5, 0.6) is 0 Å². The van der Waals surface area contributed by atoms with E-state index < -0.39 is 0 Å². The summed E-state index contributed by atoms with van der Waals surface area (Å²) in [6.07, 6.45) is 0.437. The molecule has 2 nitrogen and oxygen atoms in total. The van der Waals surface area contributed by atoms with Crippen LogP contribution in [0.1, 0.15) is 90.2 Å². The average molecular weight is 469 g/mol. The molecule has 0 heterocycles. The van der Waals surface area contributed by atoms with E-state index in [4.69, 9.17) is 5.11 Å². The van der Waals surface area contributed by atoms with E-state index in [1.54, 1.807) is 6.92 Å². The van der Waals surface area contributed by atoms with Gasteiger partial charge in [-0.25, -0.2) is 0 Å². The van der Waals surface area contributed by atoms with Gasteiger partial charge in [-0.1, -0.05) is 66.6 Å². The second kappa shape index (κ2) is 19.4. The Bertz CT molecular complexity index is 798. The number of hydrogen-bond acceptors (Lipinski definition) is 2. The van der Waals surface area contributed by atoms with Gasteiger partial charge >= 0.3 is 23.1 Å². The van der Waals surface area contributed by atoms with Gasteiger partial charge in [-0.05, 0) is 81.4 Å². The van der Waals surface area contributed by atoms with E-state index in [0.717, 1.165) is 17.5 Å². The van der Waals surface area contributed by atoms with E-state index in [-0.39, 0.29) is 48.2 Å². The van der Waals surface area contributed by atoms with Crippen molar-refractivity contribution in [3.63, 3.8) is 0 Å². The second-order valence-corrected chi connectivity index (χ2v) is 7.65. The molecule has 0 aliphatic carbocycles. The summed E-state index contributed by atoms with van der Waals surface area (Å²) < 4.78 is 0. The molecule has 1 unspecified atom stereocenters. The molecule has 0 aliphatic heterocycles. The first-order valence-electron chi connectivity index (χ1n) is 10.7. The Morgan fingerprint density at radius 1 is 0.750 bits per heavy atom. The zero-order valence-corrected chi connectivity index (χ0v) is 23.5. The first-order chi connectivity index (χ1) is 14.2. The fourth-order valence-electron chi connectivity index (χ4n) is 2.63. The first-order valence-corrected chi connectivity index (χ1v) is 10.7. The molecule has 0 aliphatic rings. The van der Waals surface area contributed by atoms with Crippen molar-refractivity contribution in [3.8, 4) is 0 Å². The van der Waals surface area contributed by atoms with E-state index in [1.807, 2.05) is 43.3 Å². The molecule has 32 heavy (non-hydrogen) atoms. The van der Waals surface area contributed by atoms with Crippen LogP contribution in [0.15, 0.2) is 59.7 Å². The topological polar surface area (TPSA) is 40.5 Å². The number of rotatable bonds is 5. The van der Waals surface area contributed by atoms with E-state index >= 15 is 0 Å². The van der Waals surface area contributed by atoms with Crippen LogP contribution in [-0.2, 0) is 6.61 Å². The molecule has 0 radical (unpaired) electrons. The summed E-state index contributed by atoms with van der Waals surface area (Å²) in [5, 5.41) is 18.5. The molecule has 0 bridgehead atoms. The summed E-state index contributed by atoms with van der Waals surface area (Å²) in [6.45, 7) is 19.8. The standard InChI is InChI=1S/C14H20O.C12H16O.C2H5.ClH.Mg/c1-5-14(15)13-8-6-12(7-9-13)11(4)10(2)3;1-9(2)10(3)12-6-4-11(8-13)5-7-12;1-2;;/h6-9,14-15H,5H2,1-4H3;4-7,13H,8H2,1-3H3;1H2,2H3;1H;/q;;-1;;+2/p-1. The van der Waals surface area contributed by atoms with Crippen LogP contribution in [0.25, 0.3) is 11.1 Å². The number of benzene rings is 2. The Morgan fingerprint density at radius 2 is 1.09 bits per heavy atom. The molecule has 2 aromatic carbocycles. The molecule has 174 valence electrons. The molecule has 4 heteroatoms. The molecule has 2 N–H and O–H groups in total. The average Bonchev–Trinajstić information content (AvgIpc) is 2.79. The molecular formula is C28H41ClMgO2. The fraction of sp³-hybridized carbons (Fsp3) is 0.393. The number of halogens is 1. The summed E-state index contributed by atoms with van der Waals surface area (Å²) in [5.74, 6) is 0. The molecule has 0 fully saturated rings. The van der Waals surface area contributed by atoms with E-state index in [2.05, 4.69) is 60.6 Å². The Hall–Kier alpha value is -1.10. The smallest absolute Gasteiger partial charge is 1.00 e. The van der Waals surface area contributed by atoms with Crippen LogP contribution < -0.4 is 12.4 Å². The number of aliphatic hydroxyl groups is 2. The number of aliphatic hydroxyl groups excluding tert-OH is 2. The molecular weight excluding hydrogens is 428 g/mol. The van der Waals surface area contributed by atoms with Gasteiger partial charge in [-0.2, -0.15) is 6.92 Å². The summed E-state index contributed by atoms with van der Waals surface area (Å²) in [6, 6.07) is 16.2. The summed E-state index contributed by atoms with van der Waals surface area (Å²) in [7, 11) is 0. The minimum Gasteiger partial charge on any atom is -1.00 e. The van der Waals surface area contributed by atoms with Gasteiger partial charge < -0.3 is 29.5 Å². The zero-order chi connectivity index (χ0) is 23.3. The molecule has 0 amide bonds. The summed E-state index contributed by atoms with van der Waals surface area (Å²) >= 11 is 0. The number of allylic oxidation sites excluding steroid dienone is 4. The third kappa shape index (κ3) is 12.2. The first kappa shape index (κ1) is 35.5. The van der Waals surface area contributed by atoms with Crippen molar-refractivity contribution in [1.82, 2.24) is 0 Å². The largest absolute Gasteiger partial charge is 2.00 e. The maximum Gasteiger partial charge on any atom is 2.00 e. The molecule has 1 atom stereocenters. The fourth-order valence-corrected chi connectivity index (χ4v) is 2.63. The third-order valence-electron chi connectivity index (χ3n) is 5.18. The Morgan fingerprint density at radius 3 is 1.38 bits per heavy atom. The van der Waals surface area contributed by atoms with Gasteiger partial charge in [-0.3, -0.25) is 0 Å². The van der Waals surface area contributed by atoms with Crippen molar-refractivity contribution in [2.45, 2.75) is 74.5 Å². The van der Waals surface area contributed by atoms with Crippen LogP contribution in [0, 0.1) is 6.92 Å². The Kier molecular flexibility index (Phi) is 21.5. The van der Waals surface area contributed by atoms with Crippen molar-refractivity contribution in [1.29, 1.82) is 0 Å². The van der Waals surface area contributed by atoms with Crippen molar-refractivity contribution in [2.24, 2.45) is 0 Å². The van der Waals surface area contributed by atoms with Gasteiger partial charge in [0.15, 0.2) is 0 Å². The van der Waals surface area contributed by atoms with Crippen LogP contribution in [0.3, 0.4) is 0 Å². The van der Waals surface area contributed by atoms with Crippen molar-refractivity contribution in [3.05, 3.63) is 88.9 Å². The van der Waals surface area contributed by atoms with Crippen molar-refractivity contribution in [2.75, 3.05) is 0 Å². The maximum absolute atomic E-state index is 9.66. The molecule has 0 saturated carbocycles. The number of hydrogen-bond donors (Lipinski definition) is 2. The SMILES string of the molecule is CC(C)=C(C)c1ccc(CO)cc1.CCC(O)c1ccc(C(C)=C(C)C)cc1.[CH2-]C.[Cl-].[Mg+2]. The molecule has 0 spiro atoms. The van der Waals surface area contributed by atoms with E-state index in [0.29, 0.717) is 0 Å². The van der Waals surface area contributed by atoms with Crippen LogP contribution >= 0.6 is 0 Å². The maximum atomic E-state index is 9.66. The van der Waals surface area contributed by atoms with E-state index in [9.17, 15) is 5.11 Å². The quantitative estimate of drug-likeness (QED) is 0.504. The van der Waals surface area contributed by atoms with Gasteiger partial charge in [0.25, 0.3) is 0 Å². The van der Waals surface area contributed by atoms with Gasteiger partial charge in [-0.15, -0.1) is 0 Å². The summed E-state index contributed by atoms with van der Waals surface area (Å²) in [5.41, 5.74) is 9.72. The third-order valence-corrected chi connectivity index (χ3v) is 5.18. The summed E-state index contributed by atoms with van der Waals surface area (Å²) in [4.78, 5) is 0. The van der Waals surface area contributed by atoms with Crippen molar-refractivity contribution < 1.29 is 22.6 Å². The van der Waals surface area contributed by atoms with Crippen LogP contribution in [0.2, 0.25) is 0 Å². The monoisotopic (exact) mass is 468 g/mol. The van der Waals surface area contributed by atoms with Crippen LogP contribution in [0.4, 0.5) is 0 Å². The van der Waals surface area contributed by atoms with Crippen LogP contribution in [-0.4, -0.2) is 33.3 Å². The zero-order valence-electron chi connectivity index (χ0n) is 21.3. The van der Waals surface area contributed by atoms with Gasteiger partial charge in [0.2, 0.25) is 0 Å². The van der Waals surface area contributed by atoms with Gasteiger partial charge in [0.1, 0.15) is 0 Å². The normalized spacial score (nSPS) is 9.97. The van der Waals surface area contributed by atoms with Crippen molar-refractivity contribution >= 4 is 34.2 Å². The Balaban J connectivity index is -0.000000464. The minimum absolute atomic E-state index is 0. The Labute approximate surface area is 219 Å². The molecule has 0 aromatic heterocycles. The minimum atomic E-state index is -0.328. The molecule has 2 rings (SSSR count). The predicted octanol–water partition coefficient (Wildman–Crippen LogP) is 4.40. The molecule has 2 aromatic rings. The van der Waals surface area contributed by atoms with Gasteiger partial charge in [0, 0.05) is 0 Å². The van der Waals surface area contributed by atoms with Gasteiger partial charge in [0.05, 0.1) is 12.7 Å². The van der Waals surface area contributed by atoms with E-state index in [1.165, 1.54) is 33.4 Å². The predicted molar refractivity (Wildman–Crippen MR) is 139 cm³/mol.